The highest BCUT2D eigenvalue weighted by Crippen LogP contribution is 2.20. The molecule has 3 aromatic rings. The van der Waals surface area contributed by atoms with Crippen molar-refractivity contribution < 1.29 is 9.59 Å². The van der Waals surface area contributed by atoms with Crippen LogP contribution in [0.1, 0.15) is 19.3 Å². The van der Waals surface area contributed by atoms with Gasteiger partial charge in [0, 0.05) is 36.2 Å². The summed E-state index contributed by atoms with van der Waals surface area (Å²) >= 11 is 3.37. The number of amides is 2. The fourth-order valence-corrected chi connectivity index (χ4v) is 4.21. The molecule has 2 aromatic carbocycles. The number of fused-ring (bicyclic) bond motifs is 1. The van der Waals surface area contributed by atoms with E-state index in [-0.39, 0.29) is 36.3 Å². The van der Waals surface area contributed by atoms with Crippen molar-refractivity contribution in [1.82, 2.24) is 14.5 Å². The van der Waals surface area contributed by atoms with E-state index >= 15 is 0 Å². The number of hydrogen-bond acceptors (Lipinski definition) is 4. The monoisotopic (exact) mass is 482 g/mol. The second-order valence-electron chi connectivity index (χ2n) is 7.69. The summed E-state index contributed by atoms with van der Waals surface area (Å²) in [5.74, 6) is -0.358. The zero-order chi connectivity index (χ0) is 21.8. The van der Waals surface area contributed by atoms with Gasteiger partial charge in [0.1, 0.15) is 0 Å². The molecular weight excluding hydrogens is 460 g/mol. The van der Waals surface area contributed by atoms with Crippen molar-refractivity contribution in [3.63, 3.8) is 0 Å². The Morgan fingerprint density at radius 3 is 2.77 bits per heavy atom. The predicted molar refractivity (Wildman–Crippen MR) is 123 cm³/mol. The number of hydrogen-bond donors (Lipinski definition) is 1. The quantitative estimate of drug-likeness (QED) is 0.603. The maximum absolute atomic E-state index is 12.8. The number of carbonyl (C=O) groups excluding carboxylic acids is 2. The third-order valence-electron chi connectivity index (χ3n) is 5.54. The molecule has 8 heteroatoms. The summed E-state index contributed by atoms with van der Waals surface area (Å²) in [5.41, 5.74) is 1.21. The summed E-state index contributed by atoms with van der Waals surface area (Å²) in [6.45, 7) is 1.28. The van der Waals surface area contributed by atoms with Crippen LogP contribution in [0.15, 0.2) is 64.1 Å². The summed E-state index contributed by atoms with van der Waals surface area (Å²) in [7, 11) is 0. The van der Waals surface area contributed by atoms with Gasteiger partial charge in [-0.1, -0.05) is 34.1 Å². The van der Waals surface area contributed by atoms with Crippen LogP contribution >= 0.6 is 15.9 Å². The number of anilines is 1. The van der Waals surface area contributed by atoms with Crippen molar-refractivity contribution in [1.29, 1.82) is 0 Å². The molecular formula is C23H23BrN4O3. The third-order valence-corrected chi connectivity index (χ3v) is 6.03. The van der Waals surface area contributed by atoms with Crippen molar-refractivity contribution >= 4 is 44.3 Å². The van der Waals surface area contributed by atoms with Gasteiger partial charge in [0.05, 0.1) is 23.1 Å². The van der Waals surface area contributed by atoms with Gasteiger partial charge in [-0.15, -0.1) is 0 Å². The molecule has 1 aliphatic heterocycles. The highest BCUT2D eigenvalue weighted by atomic mass is 79.9. The molecule has 0 spiro atoms. The molecule has 0 aliphatic carbocycles. The van der Waals surface area contributed by atoms with E-state index in [1.54, 1.807) is 17.0 Å². The summed E-state index contributed by atoms with van der Waals surface area (Å²) in [6, 6.07) is 14.7. The van der Waals surface area contributed by atoms with E-state index < -0.39 is 0 Å². The summed E-state index contributed by atoms with van der Waals surface area (Å²) in [4.78, 5) is 44.1. The van der Waals surface area contributed by atoms with Gasteiger partial charge >= 0.3 is 0 Å². The van der Waals surface area contributed by atoms with E-state index in [0.29, 0.717) is 24.0 Å². The second-order valence-corrected chi connectivity index (χ2v) is 8.60. The standard InChI is InChI=1S/C23H23BrN4O3/c24-17-8-9-20-19(13-17)23(31)28(15-25-20)12-10-21(29)27-11-4-5-16(14-27)22(30)26-18-6-2-1-3-7-18/h1-3,6-9,13,15-16H,4-5,10-12,14H2,(H,26,30). The first kappa shape index (κ1) is 21.2. The minimum Gasteiger partial charge on any atom is -0.342 e. The molecule has 160 valence electrons. The summed E-state index contributed by atoms with van der Waals surface area (Å²) in [6.07, 6.45) is 3.21. The molecule has 1 N–H and O–H groups in total. The molecule has 1 saturated heterocycles. The molecule has 1 unspecified atom stereocenters. The topological polar surface area (TPSA) is 84.3 Å². The van der Waals surface area contributed by atoms with Gasteiger partial charge < -0.3 is 10.2 Å². The molecule has 1 fully saturated rings. The number of rotatable bonds is 5. The number of para-hydroxylation sites is 1. The van der Waals surface area contributed by atoms with Crippen molar-refractivity contribution in [3.8, 4) is 0 Å². The average molecular weight is 483 g/mol. The molecule has 0 bridgehead atoms. The SMILES string of the molecule is O=C(Nc1ccccc1)C1CCCN(C(=O)CCn2cnc3ccc(Br)cc3c2=O)C1. The Labute approximate surface area is 188 Å². The molecule has 0 saturated carbocycles. The smallest absolute Gasteiger partial charge is 0.261 e. The van der Waals surface area contributed by atoms with Crippen molar-refractivity contribution in [3.05, 3.63) is 69.7 Å². The first-order valence-electron chi connectivity index (χ1n) is 10.3. The van der Waals surface area contributed by atoms with Crippen LogP contribution < -0.4 is 10.9 Å². The molecule has 4 rings (SSSR count). The number of aryl methyl sites for hydroxylation is 1. The predicted octanol–water partition coefficient (Wildman–Crippen LogP) is 3.43. The minimum atomic E-state index is -0.236. The Balaban J connectivity index is 1.37. The van der Waals surface area contributed by atoms with Crippen LogP contribution in [0.25, 0.3) is 10.9 Å². The summed E-state index contributed by atoms with van der Waals surface area (Å²) in [5, 5.41) is 3.44. The minimum absolute atomic E-state index is 0.0570. The number of carbonyl (C=O) groups is 2. The van der Waals surface area contributed by atoms with E-state index in [2.05, 4.69) is 26.2 Å². The highest BCUT2D eigenvalue weighted by molar-refractivity contribution is 9.10. The second kappa shape index (κ2) is 9.43. The van der Waals surface area contributed by atoms with Crippen LogP contribution in [0, 0.1) is 5.92 Å². The lowest BCUT2D eigenvalue weighted by Gasteiger charge is -2.32. The van der Waals surface area contributed by atoms with E-state index in [0.717, 1.165) is 23.0 Å². The number of nitrogens with one attached hydrogen (secondary N) is 1. The van der Waals surface area contributed by atoms with Crippen molar-refractivity contribution in [2.24, 2.45) is 5.92 Å². The van der Waals surface area contributed by atoms with E-state index in [1.807, 2.05) is 36.4 Å². The van der Waals surface area contributed by atoms with Gasteiger partial charge in [-0.25, -0.2) is 4.98 Å². The molecule has 1 aromatic heterocycles. The fourth-order valence-electron chi connectivity index (χ4n) is 3.85. The van der Waals surface area contributed by atoms with Gasteiger partial charge in [-0.05, 0) is 43.2 Å². The Bertz CT molecular complexity index is 1160. The number of aromatic nitrogens is 2. The highest BCUT2D eigenvalue weighted by Gasteiger charge is 2.28. The van der Waals surface area contributed by atoms with Crippen molar-refractivity contribution in [2.45, 2.75) is 25.8 Å². The number of halogens is 1. The van der Waals surface area contributed by atoms with Crippen LogP contribution in [-0.4, -0.2) is 39.4 Å². The maximum Gasteiger partial charge on any atom is 0.261 e. The normalized spacial score (nSPS) is 16.3. The summed E-state index contributed by atoms with van der Waals surface area (Å²) < 4.78 is 2.27. The Morgan fingerprint density at radius 2 is 1.97 bits per heavy atom. The molecule has 0 radical (unpaired) electrons. The van der Waals surface area contributed by atoms with Gasteiger partial charge in [0.15, 0.2) is 0 Å². The van der Waals surface area contributed by atoms with Gasteiger partial charge in [0.2, 0.25) is 11.8 Å². The van der Waals surface area contributed by atoms with Crippen molar-refractivity contribution in [2.75, 3.05) is 18.4 Å². The van der Waals surface area contributed by atoms with Gasteiger partial charge in [-0.3, -0.25) is 19.0 Å². The zero-order valence-corrected chi connectivity index (χ0v) is 18.5. The van der Waals surface area contributed by atoms with Crippen LogP contribution in [0.2, 0.25) is 0 Å². The van der Waals surface area contributed by atoms with Crippen LogP contribution in [0.3, 0.4) is 0 Å². The Morgan fingerprint density at radius 1 is 1.16 bits per heavy atom. The largest absolute Gasteiger partial charge is 0.342 e. The van der Waals surface area contributed by atoms with Gasteiger partial charge in [-0.2, -0.15) is 0 Å². The lowest BCUT2D eigenvalue weighted by molar-refractivity contribution is -0.134. The third kappa shape index (κ3) is 5.02. The number of piperidine rings is 1. The number of benzene rings is 2. The fraction of sp³-hybridized carbons (Fsp3) is 0.304. The first-order valence-corrected chi connectivity index (χ1v) is 11.1. The molecule has 1 aliphatic rings. The van der Waals surface area contributed by atoms with Crippen LogP contribution in [0.5, 0.6) is 0 Å². The molecule has 2 amide bonds. The Kier molecular flexibility index (Phi) is 6.46. The van der Waals surface area contributed by atoms with E-state index in [1.165, 1.54) is 10.9 Å². The zero-order valence-electron chi connectivity index (χ0n) is 17.0. The first-order chi connectivity index (χ1) is 15.0. The van der Waals surface area contributed by atoms with Crippen LogP contribution in [-0.2, 0) is 16.1 Å². The van der Waals surface area contributed by atoms with Gasteiger partial charge in [0.25, 0.3) is 5.56 Å². The van der Waals surface area contributed by atoms with E-state index in [4.69, 9.17) is 0 Å². The molecule has 31 heavy (non-hydrogen) atoms. The number of likely N-dealkylation sites (tertiary alicyclic amines) is 1. The average Bonchev–Trinajstić information content (AvgIpc) is 2.79. The van der Waals surface area contributed by atoms with Crippen LogP contribution in [0.4, 0.5) is 5.69 Å². The lowest BCUT2D eigenvalue weighted by Crippen LogP contribution is -2.44. The lowest BCUT2D eigenvalue weighted by atomic mass is 9.96. The molecule has 1 atom stereocenters. The number of nitrogens with zero attached hydrogens (tertiary/aromatic N) is 3. The Hall–Kier alpha value is -3.00. The maximum atomic E-state index is 12.8. The molecule has 2 heterocycles. The van der Waals surface area contributed by atoms with E-state index in [9.17, 15) is 14.4 Å². The molecule has 7 nitrogen and oxygen atoms in total.